The number of thiazole rings is 1. The Labute approximate surface area is 182 Å². The zero-order valence-electron chi connectivity index (χ0n) is 15.8. The maximum Gasteiger partial charge on any atom is 0.243 e. The van der Waals surface area contributed by atoms with Crippen LogP contribution in [0.15, 0.2) is 52.7 Å². The van der Waals surface area contributed by atoms with Crippen molar-refractivity contribution in [2.24, 2.45) is 0 Å². The minimum atomic E-state index is -3.73. The van der Waals surface area contributed by atoms with Crippen LogP contribution in [0.25, 0.3) is 0 Å². The van der Waals surface area contributed by atoms with E-state index in [2.05, 4.69) is 4.98 Å². The summed E-state index contributed by atoms with van der Waals surface area (Å²) < 4.78 is 53.6. The van der Waals surface area contributed by atoms with Gasteiger partial charge in [0, 0.05) is 38.0 Å². The number of anilines is 1. The third-order valence-electron chi connectivity index (χ3n) is 4.85. The smallest absolute Gasteiger partial charge is 0.243 e. The number of benzene rings is 2. The molecule has 0 bridgehead atoms. The van der Waals surface area contributed by atoms with Crippen LogP contribution in [0.1, 0.15) is 11.3 Å². The molecule has 1 fully saturated rings. The summed E-state index contributed by atoms with van der Waals surface area (Å²) in [5, 5.41) is 2.82. The standard InChI is InChI=1S/C20H18ClF2N3O2S2/c21-18-11-14(4-5-19(18)23)10-16-13-29-20(24-16)25-6-8-26(9-7-25)30(27,28)17-3-1-2-15(22)12-17/h1-5,11-13H,6-10H2. The van der Waals surface area contributed by atoms with E-state index in [1.165, 1.54) is 39.9 Å². The van der Waals surface area contributed by atoms with Gasteiger partial charge in [0.25, 0.3) is 0 Å². The fraction of sp³-hybridized carbons (Fsp3) is 0.250. The molecule has 0 N–H and O–H groups in total. The van der Waals surface area contributed by atoms with E-state index in [-0.39, 0.29) is 9.92 Å². The van der Waals surface area contributed by atoms with Crippen LogP contribution in [0.3, 0.4) is 0 Å². The molecule has 3 aromatic rings. The summed E-state index contributed by atoms with van der Waals surface area (Å²) in [6, 6.07) is 9.66. The number of hydrogen-bond donors (Lipinski definition) is 0. The van der Waals surface area contributed by atoms with E-state index in [1.54, 1.807) is 12.1 Å². The molecule has 0 atom stereocenters. The molecule has 1 aliphatic heterocycles. The van der Waals surface area contributed by atoms with Crippen LogP contribution in [0.2, 0.25) is 5.02 Å². The molecule has 30 heavy (non-hydrogen) atoms. The molecular formula is C20H18ClF2N3O2S2. The zero-order chi connectivity index (χ0) is 21.3. The fourth-order valence-electron chi connectivity index (χ4n) is 3.28. The summed E-state index contributed by atoms with van der Waals surface area (Å²) in [4.78, 5) is 6.62. The molecule has 1 aliphatic rings. The quantitative estimate of drug-likeness (QED) is 0.562. The van der Waals surface area contributed by atoms with Crippen LogP contribution in [-0.2, 0) is 16.4 Å². The van der Waals surface area contributed by atoms with Crippen molar-refractivity contribution in [2.45, 2.75) is 11.3 Å². The summed E-state index contributed by atoms with van der Waals surface area (Å²) in [6.07, 6.45) is 0.532. The van der Waals surface area contributed by atoms with E-state index in [9.17, 15) is 17.2 Å². The van der Waals surface area contributed by atoms with Gasteiger partial charge in [-0.25, -0.2) is 22.2 Å². The molecule has 2 aromatic carbocycles. The van der Waals surface area contributed by atoms with Gasteiger partial charge >= 0.3 is 0 Å². The van der Waals surface area contributed by atoms with Crippen molar-refractivity contribution in [1.29, 1.82) is 0 Å². The van der Waals surface area contributed by atoms with E-state index < -0.39 is 21.7 Å². The van der Waals surface area contributed by atoms with Gasteiger partial charge in [-0.15, -0.1) is 11.3 Å². The van der Waals surface area contributed by atoms with Crippen molar-refractivity contribution in [2.75, 3.05) is 31.1 Å². The summed E-state index contributed by atoms with van der Waals surface area (Å²) in [5.41, 5.74) is 1.71. The number of rotatable bonds is 5. The molecule has 1 saturated heterocycles. The van der Waals surface area contributed by atoms with E-state index in [0.717, 1.165) is 22.5 Å². The Hall–Kier alpha value is -2.07. The topological polar surface area (TPSA) is 53.5 Å². The lowest BCUT2D eigenvalue weighted by molar-refractivity contribution is 0.384. The normalized spacial score (nSPS) is 15.5. The summed E-state index contributed by atoms with van der Waals surface area (Å²) >= 11 is 7.31. The molecule has 158 valence electrons. The first kappa shape index (κ1) is 21.2. The predicted octanol–water partition coefficient (Wildman–Crippen LogP) is 4.18. The van der Waals surface area contributed by atoms with Crippen molar-refractivity contribution in [1.82, 2.24) is 9.29 Å². The monoisotopic (exact) mass is 469 g/mol. The molecule has 0 spiro atoms. The Morgan fingerprint density at radius 1 is 1.07 bits per heavy atom. The lowest BCUT2D eigenvalue weighted by atomic mass is 10.1. The number of sulfonamides is 1. The second kappa shape index (κ2) is 8.58. The van der Waals surface area contributed by atoms with Crippen LogP contribution in [-0.4, -0.2) is 43.9 Å². The van der Waals surface area contributed by atoms with Crippen LogP contribution in [0, 0.1) is 11.6 Å². The van der Waals surface area contributed by atoms with Crippen LogP contribution < -0.4 is 4.90 Å². The molecule has 0 saturated carbocycles. The first-order chi connectivity index (χ1) is 14.3. The van der Waals surface area contributed by atoms with Crippen molar-refractivity contribution < 1.29 is 17.2 Å². The third-order valence-corrected chi connectivity index (χ3v) is 7.99. The van der Waals surface area contributed by atoms with Gasteiger partial charge in [-0.05, 0) is 35.9 Å². The SMILES string of the molecule is O=S(=O)(c1cccc(F)c1)N1CCN(c2nc(Cc3ccc(F)c(Cl)c3)cs2)CC1. The average molecular weight is 470 g/mol. The molecular weight excluding hydrogens is 452 g/mol. The second-order valence-corrected chi connectivity index (χ2v) is 10.1. The van der Waals surface area contributed by atoms with Crippen LogP contribution in [0.4, 0.5) is 13.9 Å². The first-order valence-electron chi connectivity index (χ1n) is 9.22. The van der Waals surface area contributed by atoms with E-state index >= 15 is 0 Å². The van der Waals surface area contributed by atoms with Gasteiger partial charge in [0.15, 0.2) is 5.13 Å². The number of hydrogen-bond acceptors (Lipinski definition) is 5. The molecule has 0 amide bonds. The largest absolute Gasteiger partial charge is 0.345 e. The van der Waals surface area contributed by atoms with Crippen molar-refractivity contribution in [3.05, 3.63) is 75.8 Å². The molecule has 10 heteroatoms. The highest BCUT2D eigenvalue weighted by atomic mass is 35.5. The maximum atomic E-state index is 13.4. The molecule has 4 rings (SSSR count). The Balaban J connectivity index is 1.40. The number of aromatic nitrogens is 1. The number of piperazine rings is 1. The van der Waals surface area contributed by atoms with Gasteiger partial charge in [-0.3, -0.25) is 0 Å². The lowest BCUT2D eigenvalue weighted by Crippen LogP contribution is -2.48. The van der Waals surface area contributed by atoms with Crippen molar-refractivity contribution in [3.8, 4) is 0 Å². The van der Waals surface area contributed by atoms with Gasteiger partial charge in [0.05, 0.1) is 15.6 Å². The lowest BCUT2D eigenvalue weighted by Gasteiger charge is -2.33. The van der Waals surface area contributed by atoms with Gasteiger partial charge in [-0.1, -0.05) is 23.7 Å². The van der Waals surface area contributed by atoms with Gasteiger partial charge in [-0.2, -0.15) is 4.31 Å². The Morgan fingerprint density at radius 3 is 2.53 bits per heavy atom. The van der Waals surface area contributed by atoms with Gasteiger partial charge in [0.1, 0.15) is 11.6 Å². The highest BCUT2D eigenvalue weighted by Gasteiger charge is 2.29. The summed E-state index contributed by atoms with van der Waals surface area (Å²) in [5.74, 6) is -1.03. The van der Waals surface area contributed by atoms with Crippen molar-refractivity contribution >= 4 is 38.1 Å². The number of nitrogens with zero attached hydrogens (tertiary/aromatic N) is 3. The first-order valence-corrected chi connectivity index (χ1v) is 11.9. The Bertz CT molecular complexity index is 1160. The zero-order valence-corrected chi connectivity index (χ0v) is 18.2. The maximum absolute atomic E-state index is 13.4. The van der Waals surface area contributed by atoms with Gasteiger partial charge in [0.2, 0.25) is 10.0 Å². The van der Waals surface area contributed by atoms with E-state index in [1.807, 2.05) is 10.3 Å². The van der Waals surface area contributed by atoms with Crippen molar-refractivity contribution in [3.63, 3.8) is 0 Å². The van der Waals surface area contributed by atoms with Crippen LogP contribution >= 0.6 is 22.9 Å². The summed E-state index contributed by atoms with van der Waals surface area (Å²) in [7, 11) is -3.73. The molecule has 2 heterocycles. The second-order valence-electron chi connectivity index (χ2n) is 6.90. The molecule has 0 unspecified atom stereocenters. The average Bonchev–Trinajstić information content (AvgIpc) is 3.19. The number of halogens is 3. The van der Waals surface area contributed by atoms with E-state index in [0.29, 0.717) is 32.6 Å². The van der Waals surface area contributed by atoms with Crippen LogP contribution in [0.5, 0.6) is 0 Å². The van der Waals surface area contributed by atoms with E-state index in [4.69, 9.17) is 11.6 Å². The third kappa shape index (κ3) is 4.49. The minimum absolute atomic E-state index is 0.0366. The molecule has 5 nitrogen and oxygen atoms in total. The molecule has 0 radical (unpaired) electrons. The summed E-state index contributed by atoms with van der Waals surface area (Å²) in [6.45, 7) is 1.57. The fourth-order valence-corrected chi connectivity index (χ4v) is 5.81. The Morgan fingerprint density at radius 2 is 1.83 bits per heavy atom. The predicted molar refractivity (Wildman–Crippen MR) is 114 cm³/mol. The Kier molecular flexibility index (Phi) is 6.06. The molecule has 1 aromatic heterocycles. The highest BCUT2D eigenvalue weighted by molar-refractivity contribution is 7.89. The van der Waals surface area contributed by atoms with Gasteiger partial charge < -0.3 is 4.90 Å². The minimum Gasteiger partial charge on any atom is -0.345 e. The highest BCUT2D eigenvalue weighted by Crippen LogP contribution is 2.26. The molecule has 0 aliphatic carbocycles.